The monoisotopic (exact) mass is 484 g/mol. The van der Waals surface area contributed by atoms with Gasteiger partial charge in [0.05, 0.1) is 5.56 Å². The lowest BCUT2D eigenvalue weighted by Gasteiger charge is -2.14. The lowest BCUT2D eigenvalue weighted by atomic mass is 10.2. The highest BCUT2D eigenvalue weighted by Gasteiger charge is 2.40. The maximum Gasteiger partial charge on any atom is 0.269 e. The molecule has 0 atom stereocenters. The SMILES string of the molecule is C=CCn1c(COc2ccc(CC)cc2)nnc1SCCN1C(=O)c2ccccc2S1(=O)=O. The Balaban J connectivity index is 1.41. The van der Waals surface area contributed by atoms with Crippen molar-refractivity contribution >= 4 is 27.7 Å². The number of benzene rings is 2. The number of sulfonamides is 1. The molecule has 2 aromatic carbocycles. The minimum absolute atomic E-state index is 0.0388. The number of ether oxygens (including phenoxy) is 1. The molecule has 172 valence electrons. The Labute approximate surface area is 197 Å². The molecule has 1 aliphatic rings. The van der Waals surface area contributed by atoms with Crippen molar-refractivity contribution in [3.63, 3.8) is 0 Å². The van der Waals surface area contributed by atoms with E-state index in [0.717, 1.165) is 16.5 Å². The number of allylic oxidation sites excluding steroid dienone is 1. The van der Waals surface area contributed by atoms with Crippen molar-refractivity contribution < 1.29 is 17.9 Å². The summed E-state index contributed by atoms with van der Waals surface area (Å²) in [4.78, 5) is 12.6. The van der Waals surface area contributed by atoms with Crippen LogP contribution in [0.3, 0.4) is 0 Å². The number of aromatic nitrogens is 3. The van der Waals surface area contributed by atoms with Crippen LogP contribution in [-0.2, 0) is 29.6 Å². The highest BCUT2D eigenvalue weighted by atomic mass is 32.2. The molecule has 33 heavy (non-hydrogen) atoms. The van der Waals surface area contributed by atoms with Crippen LogP contribution in [0.5, 0.6) is 5.75 Å². The summed E-state index contributed by atoms with van der Waals surface area (Å²) in [6, 6.07) is 14.2. The van der Waals surface area contributed by atoms with Crippen molar-refractivity contribution in [2.45, 2.75) is 36.5 Å². The average molecular weight is 485 g/mol. The fourth-order valence-electron chi connectivity index (χ4n) is 3.49. The average Bonchev–Trinajstić information content (AvgIpc) is 3.29. The van der Waals surface area contributed by atoms with Gasteiger partial charge in [-0.3, -0.25) is 9.36 Å². The number of amides is 1. The lowest BCUT2D eigenvalue weighted by molar-refractivity contribution is 0.0876. The van der Waals surface area contributed by atoms with E-state index in [1.165, 1.54) is 29.5 Å². The predicted octanol–water partition coefficient (Wildman–Crippen LogP) is 3.54. The molecule has 1 aromatic heterocycles. The maximum atomic E-state index is 12.7. The van der Waals surface area contributed by atoms with E-state index in [1.54, 1.807) is 18.2 Å². The number of thioether (sulfide) groups is 1. The molecule has 0 N–H and O–H groups in total. The minimum Gasteiger partial charge on any atom is -0.486 e. The van der Waals surface area contributed by atoms with Gasteiger partial charge in [-0.05, 0) is 36.2 Å². The largest absolute Gasteiger partial charge is 0.486 e. The first-order chi connectivity index (χ1) is 16.0. The van der Waals surface area contributed by atoms with Crippen molar-refractivity contribution in [3.05, 3.63) is 78.1 Å². The van der Waals surface area contributed by atoms with Gasteiger partial charge in [-0.25, -0.2) is 12.7 Å². The molecular weight excluding hydrogens is 460 g/mol. The van der Waals surface area contributed by atoms with Crippen molar-refractivity contribution in [2.75, 3.05) is 12.3 Å². The molecule has 1 amide bonds. The molecule has 3 aromatic rings. The lowest BCUT2D eigenvalue weighted by Crippen LogP contribution is -2.32. The third-order valence-electron chi connectivity index (χ3n) is 5.24. The molecule has 0 fully saturated rings. The second-order valence-electron chi connectivity index (χ2n) is 7.31. The summed E-state index contributed by atoms with van der Waals surface area (Å²) in [6.07, 6.45) is 2.70. The normalized spacial score (nSPS) is 14.3. The van der Waals surface area contributed by atoms with Gasteiger partial charge in [-0.15, -0.1) is 16.8 Å². The van der Waals surface area contributed by atoms with E-state index in [-0.39, 0.29) is 23.6 Å². The molecule has 0 aliphatic carbocycles. The Kier molecular flexibility index (Phi) is 6.85. The number of hydrogen-bond donors (Lipinski definition) is 0. The zero-order chi connectivity index (χ0) is 23.4. The van der Waals surface area contributed by atoms with Crippen LogP contribution in [0.25, 0.3) is 0 Å². The Morgan fingerprint density at radius 1 is 1.12 bits per heavy atom. The highest BCUT2D eigenvalue weighted by molar-refractivity contribution is 7.99. The standard InChI is InChI=1S/C23H24N4O4S2/c1-3-13-26-21(16-31-18-11-9-17(4-2)10-12-18)24-25-23(26)32-15-14-27-22(28)19-7-5-6-8-20(19)33(27,29)30/h3,5-12H,1,4,13-16H2,2H3. The van der Waals surface area contributed by atoms with Gasteiger partial charge in [0.1, 0.15) is 17.3 Å². The zero-order valence-corrected chi connectivity index (χ0v) is 19.8. The van der Waals surface area contributed by atoms with Crippen LogP contribution < -0.4 is 4.74 Å². The van der Waals surface area contributed by atoms with Crippen molar-refractivity contribution in [1.29, 1.82) is 0 Å². The fourth-order valence-corrected chi connectivity index (χ4v) is 6.06. The quantitative estimate of drug-likeness (QED) is 0.321. The second-order valence-corrected chi connectivity index (χ2v) is 10.2. The second kappa shape index (κ2) is 9.80. The van der Waals surface area contributed by atoms with Gasteiger partial charge >= 0.3 is 0 Å². The minimum atomic E-state index is -3.82. The first-order valence-electron chi connectivity index (χ1n) is 10.5. The zero-order valence-electron chi connectivity index (χ0n) is 18.2. The van der Waals surface area contributed by atoms with Crippen LogP contribution in [0, 0.1) is 0 Å². The van der Waals surface area contributed by atoms with Crippen LogP contribution in [0.2, 0.25) is 0 Å². The first kappa shape index (κ1) is 23.1. The van der Waals surface area contributed by atoms with E-state index in [4.69, 9.17) is 4.74 Å². The van der Waals surface area contributed by atoms with Gasteiger partial charge in [0.25, 0.3) is 15.9 Å². The van der Waals surface area contributed by atoms with E-state index >= 15 is 0 Å². The van der Waals surface area contributed by atoms with Crippen LogP contribution in [-0.4, -0.2) is 45.7 Å². The fraction of sp³-hybridized carbons (Fsp3) is 0.261. The summed E-state index contributed by atoms with van der Waals surface area (Å²) >= 11 is 1.33. The van der Waals surface area contributed by atoms with Crippen LogP contribution in [0.4, 0.5) is 0 Å². The number of nitrogens with zero attached hydrogens (tertiary/aromatic N) is 4. The molecule has 10 heteroatoms. The molecule has 2 heterocycles. The number of rotatable bonds is 10. The molecule has 8 nitrogen and oxygen atoms in total. The van der Waals surface area contributed by atoms with E-state index in [9.17, 15) is 13.2 Å². The van der Waals surface area contributed by atoms with E-state index in [2.05, 4.69) is 23.7 Å². The summed E-state index contributed by atoms with van der Waals surface area (Å²) in [7, 11) is -3.82. The van der Waals surface area contributed by atoms with E-state index in [0.29, 0.717) is 23.3 Å². The number of carbonyl (C=O) groups excluding carboxylic acids is 1. The van der Waals surface area contributed by atoms with Gasteiger partial charge in [0.15, 0.2) is 11.0 Å². The summed E-state index contributed by atoms with van der Waals surface area (Å²) in [6.45, 7) is 6.65. The molecule has 1 aliphatic heterocycles. The van der Waals surface area contributed by atoms with Crippen molar-refractivity contribution in [3.8, 4) is 5.75 Å². The third-order valence-corrected chi connectivity index (χ3v) is 8.03. The molecular formula is C23H24N4O4S2. The summed E-state index contributed by atoms with van der Waals surface area (Å²) in [5.74, 6) is 1.22. The molecule has 0 unspecified atom stereocenters. The van der Waals surface area contributed by atoms with Crippen molar-refractivity contribution in [1.82, 2.24) is 19.1 Å². The maximum absolute atomic E-state index is 12.7. The van der Waals surface area contributed by atoms with Gasteiger partial charge in [0.2, 0.25) is 0 Å². The Morgan fingerprint density at radius 2 is 1.88 bits per heavy atom. The molecule has 0 radical (unpaired) electrons. The van der Waals surface area contributed by atoms with Gasteiger partial charge < -0.3 is 4.74 Å². The van der Waals surface area contributed by atoms with Crippen LogP contribution in [0.15, 0.2) is 71.2 Å². The van der Waals surface area contributed by atoms with Crippen molar-refractivity contribution in [2.24, 2.45) is 0 Å². The number of carbonyl (C=O) groups is 1. The Hall–Kier alpha value is -3.11. The smallest absolute Gasteiger partial charge is 0.269 e. The summed E-state index contributed by atoms with van der Waals surface area (Å²) in [5.41, 5.74) is 1.45. The number of hydrogen-bond acceptors (Lipinski definition) is 7. The van der Waals surface area contributed by atoms with Crippen LogP contribution in [0.1, 0.15) is 28.7 Å². The summed E-state index contributed by atoms with van der Waals surface area (Å²) < 4.78 is 34.1. The topological polar surface area (TPSA) is 94.4 Å². The first-order valence-corrected chi connectivity index (χ1v) is 12.9. The molecule has 0 spiro atoms. The Morgan fingerprint density at radius 3 is 2.58 bits per heavy atom. The van der Waals surface area contributed by atoms with Gasteiger partial charge in [-0.1, -0.05) is 49.0 Å². The van der Waals surface area contributed by atoms with Crippen LogP contribution >= 0.6 is 11.8 Å². The number of aryl methyl sites for hydroxylation is 1. The molecule has 0 saturated heterocycles. The van der Waals surface area contributed by atoms with Gasteiger partial charge in [-0.2, -0.15) is 0 Å². The molecule has 0 bridgehead atoms. The van der Waals surface area contributed by atoms with E-state index < -0.39 is 15.9 Å². The highest BCUT2D eigenvalue weighted by Crippen LogP contribution is 2.30. The molecule has 4 rings (SSSR count). The molecule has 0 saturated carbocycles. The third kappa shape index (κ3) is 4.67. The Bertz CT molecular complexity index is 1270. The van der Waals surface area contributed by atoms with E-state index in [1.807, 2.05) is 28.8 Å². The van der Waals surface area contributed by atoms with Gasteiger partial charge in [0, 0.05) is 18.8 Å². The summed E-state index contributed by atoms with van der Waals surface area (Å²) in [5, 5.41) is 9.07. The predicted molar refractivity (Wildman–Crippen MR) is 126 cm³/mol. The number of fused-ring (bicyclic) bond motifs is 1.